The topological polar surface area (TPSA) is 75.1 Å². The van der Waals surface area contributed by atoms with Crippen molar-refractivity contribution in [2.75, 3.05) is 0 Å². The molecule has 2 aliphatic rings. The fourth-order valence-corrected chi connectivity index (χ4v) is 8.16. The van der Waals surface area contributed by atoms with Gasteiger partial charge in [-0.3, -0.25) is 5.41 Å². The molecule has 2 aromatic heterocycles. The molecule has 1 aliphatic heterocycles. The molecule has 6 heteroatoms. The van der Waals surface area contributed by atoms with Gasteiger partial charge in [0, 0.05) is 49.3 Å². The molecule has 5 nitrogen and oxygen atoms in total. The van der Waals surface area contributed by atoms with Gasteiger partial charge >= 0.3 is 0 Å². The van der Waals surface area contributed by atoms with Crippen molar-refractivity contribution >= 4 is 34.3 Å². The zero-order valence-corrected chi connectivity index (χ0v) is 27.7. The number of hydrogen-bond acceptors (Lipinski definition) is 5. The van der Waals surface area contributed by atoms with Crippen molar-refractivity contribution < 1.29 is 4.42 Å². The first-order chi connectivity index (χ1) is 24.7. The lowest BCUT2D eigenvalue weighted by molar-refractivity contribution is 0.605. The molecule has 0 fully saturated rings. The van der Waals surface area contributed by atoms with Crippen molar-refractivity contribution in [2.45, 2.75) is 16.1 Å². The number of aromatic nitrogens is 2. The van der Waals surface area contributed by atoms with Crippen molar-refractivity contribution in [2.24, 2.45) is 4.99 Å². The van der Waals surface area contributed by atoms with Crippen molar-refractivity contribution in [3.05, 3.63) is 186 Å². The van der Waals surface area contributed by atoms with Crippen molar-refractivity contribution in [3.63, 3.8) is 0 Å². The van der Waals surface area contributed by atoms with Crippen molar-refractivity contribution in [1.82, 2.24) is 9.97 Å². The summed E-state index contributed by atoms with van der Waals surface area (Å²) in [6, 6.07) is 49.0. The molecule has 0 saturated carbocycles. The maximum Gasteiger partial charge on any atom is 0.160 e. The summed E-state index contributed by atoms with van der Waals surface area (Å²) in [7, 11) is 0. The van der Waals surface area contributed by atoms with Crippen LogP contribution in [0.25, 0.3) is 44.9 Å². The van der Waals surface area contributed by atoms with Crippen LogP contribution in [-0.4, -0.2) is 26.8 Å². The minimum atomic E-state index is -0.00514. The van der Waals surface area contributed by atoms with Gasteiger partial charge in [-0.25, -0.2) is 15.0 Å². The summed E-state index contributed by atoms with van der Waals surface area (Å²) in [6.07, 6.45) is 6.33. The van der Waals surface area contributed by atoms with Gasteiger partial charge < -0.3 is 4.42 Å². The van der Waals surface area contributed by atoms with Crippen LogP contribution in [0.5, 0.6) is 0 Å². The third-order valence-electron chi connectivity index (χ3n) is 9.18. The molecule has 50 heavy (non-hydrogen) atoms. The second kappa shape index (κ2) is 12.7. The molecule has 7 aromatic rings. The van der Waals surface area contributed by atoms with Crippen LogP contribution < -0.4 is 0 Å². The molecule has 238 valence electrons. The van der Waals surface area contributed by atoms with Crippen molar-refractivity contribution in [1.29, 1.82) is 5.41 Å². The molecular formula is C44H30N4OS. The number of nitrogens with one attached hydrogen (secondary N) is 1. The zero-order valence-electron chi connectivity index (χ0n) is 26.9. The molecule has 1 N–H and O–H groups in total. The van der Waals surface area contributed by atoms with Crippen LogP contribution in [0.1, 0.15) is 22.8 Å². The Hall–Kier alpha value is -6.11. The highest BCUT2D eigenvalue weighted by molar-refractivity contribution is 8.00. The molecule has 0 bridgehead atoms. The van der Waals surface area contributed by atoms with Crippen LogP contribution in [0.4, 0.5) is 0 Å². The predicted octanol–water partition coefficient (Wildman–Crippen LogP) is 10.8. The largest absolute Gasteiger partial charge is 0.454 e. The highest BCUT2D eigenvalue weighted by Crippen LogP contribution is 2.52. The lowest BCUT2D eigenvalue weighted by Crippen LogP contribution is -2.19. The van der Waals surface area contributed by atoms with Gasteiger partial charge in [0.05, 0.1) is 11.4 Å². The molecule has 9 rings (SSSR count). The number of amidine groups is 1. The standard InChI is InChI=1S/C44H30N4OS/c45-43(48-42(30-17-8-3-9-18-30)38-25-31-19-10-11-21-37(31)49-38)34-20-12-22-39-41(34)33-24-23-32(26-40(33)50-39)44-46-35(28-13-4-1-5-14-28)27-36(47-44)29-15-6-2-7-16-29/h1-27,39,41,45H/b45-43?,48-42-. The van der Waals surface area contributed by atoms with Gasteiger partial charge in [0.1, 0.15) is 17.1 Å². The Kier molecular flexibility index (Phi) is 7.63. The average molecular weight is 663 g/mol. The molecule has 3 heterocycles. The molecule has 0 saturated heterocycles. The zero-order chi connectivity index (χ0) is 33.4. The third kappa shape index (κ3) is 5.59. The monoisotopic (exact) mass is 662 g/mol. The number of fused-ring (bicyclic) bond motifs is 4. The van der Waals surface area contributed by atoms with Gasteiger partial charge in [-0.1, -0.05) is 140 Å². The van der Waals surface area contributed by atoms with Gasteiger partial charge in [-0.05, 0) is 29.8 Å². The molecule has 5 aromatic carbocycles. The summed E-state index contributed by atoms with van der Waals surface area (Å²) in [5.74, 6) is 1.55. The number of aliphatic imine (C=N–C) groups is 1. The quantitative estimate of drug-likeness (QED) is 0.142. The highest BCUT2D eigenvalue weighted by atomic mass is 32.2. The summed E-state index contributed by atoms with van der Waals surface area (Å²) in [5, 5.41) is 10.5. The first-order valence-corrected chi connectivity index (χ1v) is 17.5. The summed E-state index contributed by atoms with van der Waals surface area (Å²) in [6.45, 7) is 0. The van der Waals surface area contributed by atoms with Gasteiger partial charge in [0.25, 0.3) is 0 Å². The Balaban J connectivity index is 1.09. The Bertz CT molecular complexity index is 2390. The van der Waals surface area contributed by atoms with E-state index in [0.29, 0.717) is 17.3 Å². The SMILES string of the molecule is N=C(/N=C(/c1ccccc1)c1cc2ccccc2o1)C1=CC=CC2Sc3cc(-c4nc(-c5ccccc5)cc(-c5ccccc5)n4)ccc3C12. The Morgan fingerprint density at radius 3 is 2.04 bits per heavy atom. The number of para-hydroxylation sites is 1. The van der Waals surface area contributed by atoms with Crippen LogP contribution >= 0.6 is 11.8 Å². The minimum absolute atomic E-state index is 0.00514. The van der Waals surface area contributed by atoms with E-state index in [2.05, 4.69) is 60.7 Å². The number of thioether (sulfide) groups is 1. The molecule has 2 unspecified atom stereocenters. The molecule has 1 aliphatic carbocycles. The van der Waals surface area contributed by atoms with Crippen LogP contribution in [-0.2, 0) is 0 Å². The van der Waals surface area contributed by atoms with Crippen molar-refractivity contribution in [3.8, 4) is 33.9 Å². The lowest BCUT2D eigenvalue weighted by atomic mass is 9.84. The van der Waals surface area contributed by atoms with Crippen LogP contribution in [0.3, 0.4) is 0 Å². The number of nitrogens with zero attached hydrogens (tertiary/aromatic N) is 3. The van der Waals surface area contributed by atoms with Gasteiger partial charge in [0.2, 0.25) is 0 Å². The fraction of sp³-hybridized carbons (Fsp3) is 0.0455. The normalized spacial score (nSPS) is 16.6. The average Bonchev–Trinajstić information content (AvgIpc) is 3.79. The van der Waals surface area contributed by atoms with E-state index < -0.39 is 0 Å². The predicted molar refractivity (Wildman–Crippen MR) is 204 cm³/mol. The Morgan fingerprint density at radius 2 is 1.34 bits per heavy atom. The third-order valence-corrected chi connectivity index (χ3v) is 10.5. The van der Waals surface area contributed by atoms with Gasteiger partial charge in [-0.2, -0.15) is 0 Å². The summed E-state index contributed by atoms with van der Waals surface area (Å²) >= 11 is 1.82. The van der Waals surface area contributed by atoms with Crippen LogP contribution in [0.15, 0.2) is 184 Å². The van der Waals surface area contributed by atoms with E-state index in [9.17, 15) is 5.41 Å². The Labute approximate surface area is 294 Å². The van der Waals surface area contributed by atoms with E-state index in [4.69, 9.17) is 19.4 Å². The van der Waals surface area contributed by atoms with E-state index in [-0.39, 0.29) is 17.0 Å². The molecule has 0 amide bonds. The van der Waals surface area contributed by atoms with E-state index in [1.54, 1.807) is 0 Å². The number of benzene rings is 5. The number of hydrogen-bond donors (Lipinski definition) is 1. The van der Waals surface area contributed by atoms with Gasteiger partial charge in [-0.15, -0.1) is 11.8 Å². The first-order valence-electron chi connectivity index (χ1n) is 16.6. The van der Waals surface area contributed by atoms with Gasteiger partial charge in [0.15, 0.2) is 11.6 Å². The molecule has 0 radical (unpaired) electrons. The molecule has 2 atom stereocenters. The van der Waals surface area contributed by atoms with Crippen LogP contribution in [0.2, 0.25) is 0 Å². The second-order valence-corrected chi connectivity index (χ2v) is 13.6. The number of rotatable bonds is 6. The summed E-state index contributed by atoms with van der Waals surface area (Å²) in [4.78, 5) is 16.3. The molecular weight excluding hydrogens is 633 g/mol. The maximum absolute atomic E-state index is 9.37. The fourth-order valence-electron chi connectivity index (χ4n) is 6.74. The first kappa shape index (κ1) is 30.0. The maximum atomic E-state index is 9.37. The lowest BCUT2D eigenvalue weighted by Gasteiger charge is -2.22. The summed E-state index contributed by atoms with van der Waals surface area (Å²) in [5.41, 5.74) is 9.23. The number of furan rings is 1. The van der Waals surface area contributed by atoms with E-state index in [1.165, 1.54) is 10.5 Å². The van der Waals surface area contributed by atoms with E-state index in [1.807, 2.05) is 115 Å². The Morgan fingerprint density at radius 1 is 0.680 bits per heavy atom. The van der Waals surface area contributed by atoms with E-state index >= 15 is 0 Å². The smallest absolute Gasteiger partial charge is 0.160 e. The summed E-state index contributed by atoms with van der Waals surface area (Å²) < 4.78 is 6.27. The van der Waals surface area contributed by atoms with E-state index in [0.717, 1.165) is 50.2 Å². The number of allylic oxidation sites excluding steroid dienone is 2. The molecule has 0 spiro atoms. The minimum Gasteiger partial charge on any atom is -0.454 e. The van der Waals surface area contributed by atoms with Crippen LogP contribution in [0, 0.1) is 5.41 Å². The highest BCUT2D eigenvalue weighted by Gasteiger charge is 2.37. The second-order valence-electron chi connectivity index (χ2n) is 12.3.